The van der Waals surface area contributed by atoms with E-state index in [0.717, 1.165) is 18.2 Å². The number of carbonyl (C=O) groups is 2. The van der Waals surface area contributed by atoms with Crippen LogP contribution in [0.1, 0.15) is 33.6 Å². The van der Waals surface area contributed by atoms with Gasteiger partial charge in [-0.05, 0) is 38.8 Å². The number of amides is 3. The van der Waals surface area contributed by atoms with Crippen molar-refractivity contribution in [2.45, 2.75) is 51.4 Å². The van der Waals surface area contributed by atoms with Crippen LogP contribution >= 0.6 is 11.8 Å². The summed E-state index contributed by atoms with van der Waals surface area (Å²) in [6, 6.07) is 6.58. The first-order chi connectivity index (χ1) is 14.0. The van der Waals surface area contributed by atoms with E-state index in [1.807, 2.05) is 26.8 Å². The second-order valence-electron chi connectivity index (χ2n) is 6.54. The summed E-state index contributed by atoms with van der Waals surface area (Å²) in [6.45, 7) is 7.31. The third-order valence-electron chi connectivity index (χ3n) is 4.28. The molecule has 9 heteroatoms. The van der Waals surface area contributed by atoms with Crippen LogP contribution in [-0.4, -0.2) is 46.5 Å². The lowest BCUT2D eigenvalue weighted by Crippen LogP contribution is -2.44. The van der Waals surface area contributed by atoms with Crippen LogP contribution in [0.4, 0.5) is 4.79 Å². The van der Waals surface area contributed by atoms with Gasteiger partial charge in [0.05, 0.1) is 16.7 Å². The lowest BCUT2D eigenvalue weighted by atomic mass is 10.2. The number of thioether (sulfide) groups is 1. The van der Waals surface area contributed by atoms with E-state index in [2.05, 4.69) is 15.6 Å². The van der Waals surface area contributed by atoms with Gasteiger partial charge in [-0.1, -0.05) is 30.8 Å². The van der Waals surface area contributed by atoms with Gasteiger partial charge in [-0.15, -0.1) is 0 Å². The maximum Gasteiger partial charge on any atom is 0.321 e. The molecule has 0 aliphatic rings. The maximum atomic E-state index is 12.9. The van der Waals surface area contributed by atoms with Gasteiger partial charge in [-0.25, -0.2) is 9.78 Å². The molecule has 2 rings (SSSR count). The maximum absolute atomic E-state index is 12.9. The van der Waals surface area contributed by atoms with Gasteiger partial charge >= 0.3 is 6.03 Å². The van der Waals surface area contributed by atoms with Gasteiger partial charge in [0.1, 0.15) is 0 Å². The summed E-state index contributed by atoms with van der Waals surface area (Å²) >= 11 is 1.13. The van der Waals surface area contributed by atoms with Gasteiger partial charge in [0.25, 0.3) is 5.56 Å². The van der Waals surface area contributed by atoms with Crippen LogP contribution in [0.5, 0.6) is 0 Å². The van der Waals surface area contributed by atoms with Crippen molar-refractivity contribution in [2.75, 3.05) is 19.0 Å². The molecule has 0 unspecified atom stereocenters. The number of fused-ring (bicyclic) bond motifs is 1. The molecule has 0 aliphatic heterocycles. The standard InChI is InChI=1S/C20H28N4O4S/c1-4-14(3)21-19(27)23-17(25)13-29-20-22-16-10-7-6-9-15(16)18(26)24(20)11-8-12-28-5-2/h6-7,9-10,14H,4-5,8,11-13H2,1-3H3,(H2,21,23,25,27)/t14-/m1/s1. The van der Waals surface area contributed by atoms with E-state index in [0.29, 0.717) is 42.2 Å². The topological polar surface area (TPSA) is 102 Å². The first kappa shape index (κ1) is 22.9. The van der Waals surface area contributed by atoms with Crippen LogP contribution < -0.4 is 16.2 Å². The van der Waals surface area contributed by atoms with E-state index in [1.54, 1.807) is 22.8 Å². The van der Waals surface area contributed by atoms with Crippen LogP contribution in [-0.2, 0) is 16.1 Å². The Labute approximate surface area is 174 Å². The number of nitrogens with zero attached hydrogens (tertiary/aromatic N) is 2. The molecular formula is C20H28N4O4S. The van der Waals surface area contributed by atoms with Crippen molar-refractivity contribution in [3.05, 3.63) is 34.6 Å². The summed E-state index contributed by atoms with van der Waals surface area (Å²) in [5.74, 6) is -0.469. The van der Waals surface area contributed by atoms with Gasteiger partial charge in [0, 0.05) is 25.8 Å². The van der Waals surface area contributed by atoms with E-state index in [1.165, 1.54) is 0 Å². The van der Waals surface area contributed by atoms with E-state index in [4.69, 9.17) is 4.74 Å². The van der Waals surface area contributed by atoms with Crippen LogP contribution in [0.25, 0.3) is 10.9 Å². The zero-order chi connectivity index (χ0) is 21.2. The highest BCUT2D eigenvalue weighted by molar-refractivity contribution is 7.99. The Morgan fingerprint density at radius 2 is 2.03 bits per heavy atom. The minimum atomic E-state index is -0.523. The number of imide groups is 1. The van der Waals surface area contributed by atoms with Crippen LogP contribution in [0.3, 0.4) is 0 Å². The van der Waals surface area contributed by atoms with E-state index in [-0.39, 0.29) is 17.4 Å². The lowest BCUT2D eigenvalue weighted by Gasteiger charge is -2.14. The Bertz CT molecular complexity index is 900. The number of hydrogen-bond donors (Lipinski definition) is 2. The molecule has 1 atom stereocenters. The van der Waals surface area contributed by atoms with E-state index >= 15 is 0 Å². The lowest BCUT2D eigenvalue weighted by molar-refractivity contribution is -0.117. The molecule has 8 nitrogen and oxygen atoms in total. The van der Waals surface area contributed by atoms with Crippen molar-refractivity contribution in [1.29, 1.82) is 0 Å². The summed E-state index contributed by atoms with van der Waals surface area (Å²) in [7, 11) is 0. The zero-order valence-corrected chi connectivity index (χ0v) is 17.9. The molecule has 2 aromatic rings. The highest BCUT2D eigenvalue weighted by atomic mass is 32.2. The summed E-state index contributed by atoms with van der Waals surface area (Å²) in [5.41, 5.74) is 0.431. The predicted molar refractivity (Wildman–Crippen MR) is 114 cm³/mol. The van der Waals surface area contributed by atoms with Gasteiger partial charge in [-0.2, -0.15) is 0 Å². The Balaban J connectivity index is 2.12. The van der Waals surface area contributed by atoms with E-state index < -0.39 is 11.9 Å². The SMILES string of the molecule is CCOCCCn1c(SCC(=O)NC(=O)N[C@H](C)CC)nc2ccccc2c1=O. The Kier molecular flexibility index (Phi) is 9.14. The van der Waals surface area contributed by atoms with Crippen LogP contribution in [0.2, 0.25) is 0 Å². The molecule has 158 valence electrons. The fourth-order valence-corrected chi connectivity index (χ4v) is 3.40. The number of urea groups is 1. The highest BCUT2D eigenvalue weighted by Crippen LogP contribution is 2.18. The number of ether oxygens (including phenoxy) is 1. The fraction of sp³-hybridized carbons (Fsp3) is 0.500. The minimum Gasteiger partial charge on any atom is -0.382 e. The first-order valence-corrected chi connectivity index (χ1v) is 10.7. The van der Waals surface area contributed by atoms with Crippen LogP contribution in [0, 0.1) is 0 Å². The van der Waals surface area contributed by atoms with Gasteiger partial charge in [-0.3, -0.25) is 19.5 Å². The zero-order valence-electron chi connectivity index (χ0n) is 17.1. The Morgan fingerprint density at radius 3 is 2.76 bits per heavy atom. The molecule has 0 saturated heterocycles. The molecule has 0 bridgehead atoms. The van der Waals surface area contributed by atoms with Crippen molar-refractivity contribution in [3.8, 4) is 0 Å². The van der Waals surface area contributed by atoms with Crippen molar-refractivity contribution < 1.29 is 14.3 Å². The van der Waals surface area contributed by atoms with Gasteiger partial charge in [0.2, 0.25) is 5.91 Å². The third kappa shape index (κ3) is 6.86. The molecule has 0 spiro atoms. The number of rotatable bonds is 10. The third-order valence-corrected chi connectivity index (χ3v) is 5.25. The molecule has 0 radical (unpaired) electrons. The largest absolute Gasteiger partial charge is 0.382 e. The normalized spacial score (nSPS) is 12.0. The highest BCUT2D eigenvalue weighted by Gasteiger charge is 2.15. The molecule has 1 aromatic heterocycles. The average Bonchev–Trinajstić information content (AvgIpc) is 2.71. The molecular weight excluding hydrogens is 392 g/mol. The molecule has 0 fully saturated rings. The van der Waals surface area contributed by atoms with Crippen molar-refractivity contribution in [3.63, 3.8) is 0 Å². The van der Waals surface area contributed by atoms with Crippen molar-refractivity contribution in [2.24, 2.45) is 0 Å². The first-order valence-electron chi connectivity index (χ1n) is 9.76. The monoisotopic (exact) mass is 420 g/mol. The molecule has 0 saturated carbocycles. The van der Waals surface area contributed by atoms with Crippen molar-refractivity contribution in [1.82, 2.24) is 20.2 Å². The number of nitrogens with one attached hydrogen (secondary N) is 2. The average molecular weight is 421 g/mol. The van der Waals surface area contributed by atoms with Crippen LogP contribution in [0.15, 0.2) is 34.2 Å². The molecule has 1 aromatic carbocycles. The van der Waals surface area contributed by atoms with Gasteiger partial charge < -0.3 is 10.1 Å². The summed E-state index contributed by atoms with van der Waals surface area (Å²) in [6.07, 6.45) is 1.43. The number of para-hydroxylation sites is 1. The second kappa shape index (κ2) is 11.6. The van der Waals surface area contributed by atoms with Crippen molar-refractivity contribution >= 4 is 34.6 Å². The molecule has 3 amide bonds. The molecule has 2 N–H and O–H groups in total. The number of carbonyl (C=O) groups excluding carboxylic acids is 2. The summed E-state index contributed by atoms with van der Waals surface area (Å²) in [4.78, 5) is 41.4. The second-order valence-corrected chi connectivity index (χ2v) is 7.48. The molecule has 1 heterocycles. The fourth-order valence-electron chi connectivity index (χ4n) is 2.58. The number of aromatic nitrogens is 2. The predicted octanol–water partition coefficient (Wildman–Crippen LogP) is 2.54. The Morgan fingerprint density at radius 1 is 1.28 bits per heavy atom. The number of benzene rings is 1. The number of hydrogen-bond acceptors (Lipinski definition) is 6. The molecule has 29 heavy (non-hydrogen) atoms. The minimum absolute atomic E-state index is 0.0203. The van der Waals surface area contributed by atoms with E-state index in [9.17, 15) is 14.4 Å². The summed E-state index contributed by atoms with van der Waals surface area (Å²) < 4.78 is 6.92. The van der Waals surface area contributed by atoms with Gasteiger partial charge in [0.15, 0.2) is 5.16 Å². The molecule has 0 aliphatic carbocycles. The smallest absolute Gasteiger partial charge is 0.321 e. The Hall–Kier alpha value is -2.39. The summed E-state index contributed by atoms with van der Waals surface area (Å²) in [5, 5.41) is 5.96. The quantitative estimate of drug-likeness (QED) is 0.348.